The summed E-state index contributed by atoms with van der Waals surface area (Å²) in [5.74, 6) is 1.49. The van der Waals surface area contributed by atoms with Gasteiger partial charge in [0.15, 0.2) is 0 Å². The number of unbranched alkanes of at least 4 members (excludes halogenated alkanes) is 1. The molecule has 0 aliphatic carbocycles. The van der Waals surface area contributed by atoms with Crippen LogP contribution in [0.1, 0.15) is 58.1 Å². The SMILES string of the molecule is CCCCC(CC)COc1ccc(Cl)cc1[C@H](C)N. The van der Waals surface area contributed by atoms with Crippen molar-refractivity contribution in [2.75, 3.05) is 6.61 Å². The zero-order valence-corrected chi connectivity index (χ0v) is 13.0. The van der Waals surface area contributed by atoms with Gasteiger partial charge in [-0.15, -0.1) is 0 Å². The summed E-state index contributed by atoms with van der Waals surface area (Å²) in [5, 5.41) is 0.706. The predicted molar refractivity (Wildman–Crippen MR) is 82.9 cm³/mol. The first-order chi connectivity index (χ1) is 9.08. The third-order valence-electron chi connectivity index (χ3n) is 3.48. The van der Waals surface area contributed by atoms with E-state index in [0.717, 1.165) is 24.3 Å². The van der Waals surface area contributed by atoms with E-state index in [-0.39, 0.29) is 6.04 Å². The summed E-state index contributed by atoms with van der Waals surface area (Å²) in [6.07, 6.45) is 4.89. The van der Waals surface area contributed by atoms with Gasteiger partial charge in [-0.05, 0) is 37.5 Å². The van der Waals surface area contributed by atoms with Crippen LogP contribution in [-0.4, -0.2) is 6.61 Å². The normalized spacial score (nSPS) is 14.2. The average molecular weight is 284 g/mol. The van der Waals surface area contributed by atoms with Gasteiger partial charge in [0.2, 0.25) is 0 Å². The molecule has 0 aliphatic rings. The average Bonchev–Trinajstić information content (AvgIpc) is 2.40. The van der Waals surface area contributed by atoms with Crippen molar-refractivity contribution < 1.29 is 4.74 Å². The Bertz CT molecular complexity index is 379. The van der Waals surface area contributed by atoms with Crippen molar-refractivity contribution in [1.29, 1.82) is 0 Å². The fourth-order valence-corrected chi connectivity index (χ4v) is 2.29. The van der Waals surface area contributed by atoms with Gasteiger partial charge in [0.05, 0.1) is 6.61 Å². The fourth-order valence-electron chi connectivity index (χ4n) is 2.11. The minimum atomic E-state index is -0.0654. The van der Waals surface area contributed by atoms with Crippen LogP contribution in [-0.2, 0) is 0 Å². The maximum atomic E-state index is 6.01. The van der Waals surface area contributed by atoms with E-state index in [2.05, 4.69) is 13.8 Å². The van der Waals surface area contributed by atoms with Crippen molar-refractivity contribution in [3.63, 3.8) is 0 Å². The lowest BCUT2D eigenvalue weighted by atomic mass is 10.0. The first-order valence-electron chi connectivity index (χ1n) is 7.26. The molecular formula is C16H26ClNO. The lowest BCUT2D eigenvalue weighted by Gasteiger charge is -2.19. The molecule has 3 heteroatoms. The van der Waals surface area contributed by atoms with Crippen LogP contribution in [0, 0.1) is 5.92 Å². The van der Waals surface area contributed by atoms with E-state index in [0.29, 0.717) is 10.9 Å². The molecule has 1 rings (SSSR count). The van der Waals surface area contributed by atoms with Crippen LogP contribution in [0.4, 0.5) is 0 Å². The Balaban J connectivity index is 2.65. The molecule has 0 saturated heterocycles. The quantitative estimate of drug-likeness (QED) is 0.732. The van der Waals surface area contributed by atoms with E-state index in [1.165, 1.54) is 19.3 Å². The number of benzene rings is 1. The lowest BCUT2D eigenvalue weighted by Crippen LogP contribution is -2.14. The van der Waals surface area contributed by atoms with Crippen molar-refractivity contribution in [2.45, 2.75) is 52.5 Å². The minimum absolute atomic E-state index is 0.0654. The summed E-state index contributed by atoms with van der Waals surface area (Å²) in [5.41, 5.74) is 6.95. The molecule has 1 aromatic carbocycles. The molecule has 0 bridgehead atoms. The second-order valence-corrected chi connectivity index (χ2v) is 5.63. The van der Waals surface area contributed by atoms with Gasteiger partial charge < -0.3 is 10.5 Å². The van der Waals surface area contributed by atoms with Crippen LogP contribution < -0.4 is 10.5 Å². The van der Waals surface area contributed by atoms with Crippen molar-refractivity contribution in [1.82, 2.24) is 0 Å². The summed E-state index contributed by atoms with van der Waals surface area (Å²) in [7, 11) is 0. The maximum absolute atomic E-state index is 6.01. The third-order valence-corrected chi connectivity index (χ3v) is 3.72. The Labute approximate surface area is 122 Å². The van der Waals surface area contributed by atoms with Crippen LogP contribution in [0.25, 0.3) is 0 Å². The third kappa shape index (κ3) is 5.42. The Kier molecular flexibility index (Phi) is 7.25. The van der Waals surface area contributed by atoms with Gasteiger partial charge in [-0.1, -0.05) is 44.7 Å². The van der Waals surface area contributed by atoms with Gasteiger partial charge >= 0.3 is 0 Å². The molecule has 0 aromatic heterocycles. The van der Waals surface area contributed by atoms with Gasteiger partial charge in [-0.3, -0.25) is 0 Å². The van der Waals surface area contributed by atoms with E-state index in [1.54, 1.807) is 0 Å². The van der Waals surface area contributed by atoms with Crippen molar-refractivity contribution in [2.24, 2.45) is 11.7 Å². The molecule has 1 aromatic rings. The van der Waals surface area contributed by atoms with Gasteiger partial charge in [-0.2, -0.15) is 0 Å². The van der Waals surface area contributed by atoms with E-state index in [1.807, 2.05) is 25.1 Å². The molecule has 0 fully saturated rings. The molecule has 0 aliphatic heterocycles. The standard InChI is InChI=1S/C16H26ClNO/c1-4-6-7-13(5-2)11-19-16-9-8-14(17)10-15(16)12(3)18/h8-10,12-13H,4-7,11,18H2,1-3H3/t12-,13?/m0/s1. The fraction of sp³-hybridized carbons (Fsp3) is 0.625. The number of nitrogens with two attached hydrogens (primary N) is 1. The number of hydrogen-bond donors (Lipinski definition) is 1. The lowest BCUT2D eigenvalue weighted by molar-refractivity contribution is 0.231. The van der Waals surface area contributed by atoms with Gasteiger partial charge in [0, 0.05) is 16.6 Å². The summed E-state index contributed by atoms with van der Waals surface area (Å²) in [6, 6.07) is 5.61. The maximum Gasteiger partial charge on any atom is 0.124 e. The zero-order chi connectivity index (χ0) is 14.3. The van der Waals surface area contributed by atoms with E-state index in [9.17, 15) is 0 Å². The van der Waals surface area contributed by atoms with Crippen molar-refractivity contribution >= 4 is 11.6 Å². The minimum Gasteiger partial charge on any atom is -0.493 e. The van der Waals surface area contributed by atoms with E-state index >= 15 is 0 Å². The zero-order valence-electron chi connectivity index (χ0n) is 12.3. The molecule has 108 valence electrons. The second kappa shape index (κ2) is 8.44. The second-order valence-electron chi connectivity index (χ2n) is 5.20. The number of rotatable bonds is 8. The molecular weight excluding hydrogens is 258 g/mol. The van der Waals surface area contributed by atoms with Crippen molar-refractivity contribution in [3.05, 3.63) is 28.8 Å². The Morgan fingerprint density at radius 2 is 2.05 bits per heavy atom. The van der Waals surface area contributed by atoms with Crippen LogP contribution in [0.3, 0.4) is 0 Å². The van der Waals surface area contributed by atoms with E-state index < -0.39 is 0 Å². The smallest absolute Gasteiger partial charge is 0.124 e. The Morgan fingerprint density at radius 3 is 2.63 bits per heavy atom. The molecule has 19 heavy (non-hydrogen) atoms. The van der Waals surface area contributed by atoms with Crippen LogP contribution in [0.2, 0.25) is 5.02 Å². The highest BCUT2D eigenvalue weighted by Crippen LogP contribution is 2.28. The topological polar surface area (TPSA) is 35.2 Å². The van der Waals surface area contributed by atoms with Crippen LogP contribution in [0.15, 0.2) is 18.2 Å². The van der Waals surface area contributed by atoms with Gasteiger partial charge in [0.25, 0.3) is 0 Å². The van der Waals surface area contributed by atoms with Crippen molar-refractivity contribution in [3.8, 4) is 5.75 Å². The number of hydrogen-bond acceptors (Lipinski definition) is 2. The summed E-state index contributed by atoms with van der Waals surface area (Å²) >= 11 is 6.01. The first-order valence-corrected chi connectivity index (χ1v) is 7.64. The molecule has 1 unspecified atom stereocenters. The molecule has 2 nitrogen and oxygen atoms in total. The largest absolute Gasteiger partial charge is 0.493 e. The summed E-state index contributed by atoms with van der Waals surface area (Å²) in [4.78, 5) is 0. The van der Waals surface area contributed by atoms with Gasteiger partial charge in [-0.25, -0.2) is 0 Å². The first kappa shape index (κ1) is 16.3. The molecule has 0 heterocycles. The molecule has 0 radical (unpaired) electrons. The predicted octanol–water partition coefficient (Wildman–Crippen LogP) is 4.95. The Morgan fingerprint density at radius 1 is 1.32 bits per heavy atom. The number of ether oxygens (including phenoxy) is 1. The highest BCUT2D eigenvalue weighted by atomic mass is 35.5. The highest BCUT2D eigenvalue weighted by Gasteiger charge is 2.12. The molecule has 0 amide bonds. The molecule has 2 atom stereocenters. The monoisotopic (exact) mass is 283 g/mol. The van der Waals surface area contributed by atoms with Gasteiger partial charge in [0.1, 0.15) is 5.75 Å². The molecule has 0 saturated carbocycles. The Hall–Kier alpha value is -0.730. The van der Waals surface area contributed by atoms with E-state index in [4.69, 9.17) is 22.1 Å². The highest BCUT2D eigenvalue weighted by molar-refractivity contribution is 6.30. The number of halogens is 1. The molecule has 2 N–H and O–H groups in total. The van der Waals surface area contributed by atoms with Crippen LogP contribution >= 0.6 is 11.6 Å². The van der Waals surface area contributed by atoms with Crippen LogP contribution in [0.5, 0.6) is 5.75 Å². The summed E-state index contributed by atoms with van der Waals surface area (Å²) < 4.78 is 5.96. The molecule has 0 spiro atoms. The summed E-state index contributed by atoms with van der Waals surface area (Å²) in [6.45, 7) is 7.16.